The maximum atomic E-state index is 5.13. The summed E-state index contributed by atoms with van der Waals surface area (Å²) in [5.41, 5.74) is 0.946. The zero-order valence-electron chi connectivity index (χ0n) is 9.89. The van der Waals surface area contributed by atoms with Gasteiger partial charge in [0.25, 0.3) is 0 Å². The van der Waals surface area contributed by atoms with E-state index in [0.29, 0.717) is 24.7 Å². The fourth-order valence-corrected chi connectivity index (χ4v) is 1.47. The van der Waals surface area contributed by atoms with Gasteiger partial charge in [0.1, 0.15) is 0 Å². The Bertz CT molecular complexity index is 441. The van der Waals surface area contributed by atoms with Gasteiger partial charge in [-0.15, -0.1) is 0 Å². The van der Waals surface area contributed by atoms with Gasteiger partial charge in [0.2, 0.25) is 5.89 Å². The Kier molecular flexibility index (Phi) is 4.21. The molecule has 2 aromatic heterocycles. The second-order valence-electron chi connectivity index (χ2n) is 3.78. The molecule has 2 heterocycles. The summed E-state index contributed by atoms with van der Waals surface area (Å²) in [6.45, 7) is 3.70. The topological polar surface area (TPSA) is 63.8 Å². The largest absolute Gasteiger partial charge is 0.338 e. The van der Waals surface area contributed by atoms with Gasteiger partial charge in [-0.3, -0.25) is 4.98 Å². The SMILES string of the molecule is CCCNCc1nc(Cc2ccccn2)no1. The summed E-state index contributed by atoms with van der Waals surface area (Å²) < 4.78 is 5.13. The molecule has 0 unspecified atom stereocenters. The van der Waals surface area contributed by atoms with E-state index in [4.69, 9.17) is 4.52 Å². The molecule has 90 valence electrons. The molecule has 0 bridgehead atoms. The predicted octanol–water partition coefficient (Wildman–Crippen LogP) is 1.55. The van der Waals surface area contributed by atoms with E-state index >= 15 is 0 Å². The number of nitrogens with zero attached hydrogens (tertiary/aromatic N) is 3. The van der Waals surface area contributed by atoms with Crippen LogP contribution in [0.4, 0.5) is 0 Å². The summed E-state index contributed by atoms with van der Waals surface area (Å²) in [5.74, 6) is 1.31. The molecule has 17 heavy (non-hydrogen) atoms. The van der Waals surface area contributed by atoms with Crippen molar-refractivity contribution in [1.29, 1.82) is 0 Å². The second kappa shape index (κ2) is 6.10. The molecule has 5 heteroatoms. The average Bonchev–Trinajstić information content (AvgIpc) is 2.79. The molecule has 0 amide bonds. The van der Waals surface area contributed by atoms with E-state index in [0.717, 1.165) is 18.7 Å². The number of rotatable bonds is 6. The number of pyridine rings is 1. The van der Waals surface area contributed by atoms with Crippen LogP contribution in [-0.2, 0) is 13.0 Å². The molecule has 0 aliphatic carbocycles. The molecule has 0 aliphatic heterocycles. The first-order valence-corrected chi connectivity index (χ1v) is 5.80. The van der Waals surface area contributed by atoms with Crippen molar-refractivity contribution < 1.29 is 4.52 Å². The Balaban J connectivity index is 1.90. The van der Waals surface area contributed by atoms with Crippen molar-refractivity contribution in [1.82, 2.24) is 20.4 Å². The van der Waals surface area contributed by atoms with Crippen molar-refractivity contribution in [3.05, 3.63) is 41.8 Å². The van der Waals surface area contributed by atoms with Crippen molar-refractivity contribution in [2.24, 2.45) is 0 Å². The molecule has 1 N–H and O–H groups in total. The lowest BCUT2D eigenvalue weighted by molar-refractivity contribution is 0.363. The quantitative estimate of drug-likeness (QED) is 0.766. The Hall–Kier alpha value is -1.75. The van der Waals surface area contributed by atoms with Crippen molar-refractivity contribution in [3.63, 3.8) is 0 Å². The summed E-state index contributed by atoms with van der Waals surface area (Å²) >= 11 is 0. The van der Waals surface area contributed by atoms with Crippen LogP contribution in [0.5, 0.6) is 0 Å². The van der Waals surface area contributed by atoms with Crippen LogP contribution >= 0.6 is 0 Å². The molecule has 0 aliphatic rings. The van der Waals surface area contributed by atoms with Crippen LogP contribution in [0.15, 0.2) is 28.9 Å². The van der Waals surface area contributed by atoms with E-state index in [1.807, 2.05) is 18.2 Å². The highest BCUT2D eigenvalue weighted by Gasteiger charge is 2.06. The van der Waals surface area contributed by atoms with Gasteiger partial charge in [0.15, 0.2) is 5.82 Å². The summed E-state index contributed by atoms with van der Waals surface area (Å²) in [4.78, 5) is 8.52. The first kappa shape index (κ1) is 11.7. The fraction of sp³-hybridized carbons (Fsp3) is 0.417. The molecule has 0 radical (unpaired) electrons. The van der Waals surface area contributed by atoms with Gasteiger partial charge in [0, 0.05) is 11.9 Å². The molecule has 5 nitrogen and oxygen atoms in total. The highest BCUT2D eigenvalue weighted by atomic mass is 16.5. The zero-order valence-corrected chi connectivity index (χ0v) is 9.89. The first-order valence-electron chi connectivity index (χ1n) is 5.80. The molecule has 0 atom stereocenters. The van der Waals surface area contributed by atoms with Gasteiger partial charge in [-0.25, -0.2) is 0 Å². The van der Waals surface area contributed by atoms with Crippen LogP contribution in [0, 0.1) is 0 Å². The summed E-state index contributed by atoms with van der Waals surface area (Å²) in [6, 6.07) is 5.79. The maximum Gasteiger partial charge on any atom is 0.240 e. The molecule has 0 saturated heterocycles. The minimum Gasteiger partial charge on any atom is -0.338 e. The first-order chi connectivity index (χ1) is 8.38. The lowest BCUT2D eigenvalue weighted by atomic mass is 10.2. The Morgan fingerprint density at radius 1 is 1.35 bits per heavy atom. The maximum absolute atomic E-state index is 5.13. The van der Waals surface area contributed by atoms with Gasteiger partial charge >= 0.3 is 0 Å². The molecule has 2 aromatic rings. The third-order valence-electron chi connectivity index (χ3n) is 2.28. The lowest BCUT2D eigenvalue weighted by Crippen LogP contribution is -2.13. The third kappa shape index (κ3) is 3.64. The van der Waals surface area contributed by atoms with Crippen molar-refractivity contribution in [2.75, 3.05) is 6.54 Å². The predicted molar refractivity (Wildman–Crippen MR) is 63.3 cm³/mol. The minimum absolute atomic E-state index is 0.609. The lowest BCUT2D eigenvalue weighted by Gasteiger charge is -1.95. The number of hydrogen-bond acceptors (Lipinski definition) is 5. The van der Waals surface area contributed by atoms with E-state index in [1.54, 1.807) is 6.20 Å². The number of hydrogen-bond donors (Lipinski definition) is 1. The van der Waals surface area contributed by atoms with Gasteiger partial charge in [-0.1, -0.05) is 18.1 Å². The molecule has 0 saturated carbocycles. The highest BCUT2D eigenvalue weighted by Crippen LogP contribution is 2.03. The van der Waals surface area contributed by atoms with Crippen molar-refractivity contribution >= 4 is 0 Å². The van der Waals surface area contributed by atoms with Crippen LogP contribution in [-0.4, -0.2) is 21.7 Å². The van der Waals surface area contributed by atoms with Crippen molar-refractivity contribution in [3.8, 4) is 0 Å². The van der Waals surface area contributed by atoms with E-state index in [2.05, 4.69) is 27.4 Å². The van der Waals surface area contributed by atoms with E-state index < -0.39 is 0 Å². The monoisotopic (exact) mass is 232 g/mol. The molecule has 0 fully saturated rings. The summed E-state index contributed by atoms with van der Waals surface area (Å²) in [6.07, 6.45) is 3.46. The Morgan fingerprint density at radius 3 is 3.06 bits per heavy atom. The van der Waals surface area contributed by atoms with Crippen LogP contribution in [0.2, 0.25) is 0 Å². The van der Waals surface area contributed by atoms with Gasteiger partial charge in [0.05, 0.1) is 13.0 Å². The van der Waals surface area contributed by atoms with E-state index in [9.17, 15) is 0 Å². The Morgan fingerprint density at radius 2 is 2.29 bits per heavy atom. The van der Waals surface area contributed by atoms with Crippen LogP contribution < -0.4 is 5.32 Å². The van der Waals surface area contributed by atoms with Crippen molar-refractivity contribution in [2.45, 2.75) is 26.3 Å². The van der Waals surface area contributed by atoms with Gasteiger partial charge < -0.3 is 9.84 Å². The van der Waals surface area contributed by atoms with Gasteiger partial charge in [-0.05, 0) is 25.1 Å². The highest BCUT2D eigenvalue weighted by molar-refractivity contribution is 5.09. The van der Waals surface area contributed by atoms with Crippen LogP contribution in [0.3, 0.4) is 0 Å². The molecule has 0 aromatic carbocycles. The molecule has 2 rings (SSSR count). The molecule has 0 spiro atoms. The molecular weight excluding hydrogens is 216 g/mol. The molecular formula is C12H16N4O. The van der Waals surface area contributed by atoms with Crippen LogP contribution in [0.1, 0.15) is 30.8 Å². The fourth-order valence-electron chi connectivity index (χ4n) is 1.47. The zero-order chi connectivity index (χ0) is 11.9. The average molecular weight is 232 g/mol. The van der Waals surface area contributed by atoms with E-state index in [-0.39, 0.29) is 0 Å². The standard InChI is InChI=1S/C12H16N4O/c1-2-6-13-9-12-15-11(16-17-12)8-10-5-3-4-7-14-10/h3-5,7,13H,2,6,8-9H2,1H3. The van der Waals surface area contributed by atoms with Gasteiger partial charge in [-0.2, -0.15) is 4.98 Å². The summed E-state index contributed by atoms with van der Waals surface area (Å²) in [5, 5.41) is 7.14. The van der Waals surface area contributed by atoms with Crippen LogP contribution in [0.25, 0.3) is 0 Å². The van der Waals surface area contributed by atoms with E-state index in [1.165, 1.54) is 0 Å². The minimum atomic E-state index is 0.609. The number of aromatic nitrogens is 3. The normalized spacial score (nSPS) is 10.6. The second-order valence-corrected chi connectivity index (χ2v) is 3.78. The number of nitrogens with one attached hydrogen (secondary N) is 1. The summed E-state index contributed by atoms with van der Waals surface area (Å²) in [7, 11) is 0. The third-order valence-corrected chi connectivity index (χ3v) is 2.28. The smallest absolute Gasteiger partial charge is 0.240 e. The Labute approximate surface area is 100 Å².